The van der Waals surface area contributed by atoms with Gasteiger partial charge in [-0.3, -0.25) is 9.97 Å². The fourth-order valence-corrected chi connectivity index (χ4v) is 4.96. The van der Waals surface area contributed by atoms with E-state index in [1.165, 1.54) is 43.8 Å². The Bertz CT molecular complexity index is 1240. The van der Waals surface area contributed by atoms with Gasteiger partial charge in [-0.25, -0.2) is 0 Å². The van der Waals surface area contributed by atoms with Crippen LogP contribution in [-0.4, -0.2) is 9.97 Å². The molecular formula is C26H26N2. The molecule has 2 heteroatoms. The third-order valence-electron chi connectivity index (χ3n) is 6.03. The van der Waals surface area contributed by atoms with Gasteiger partial charge in [-0.1, -0.05) is 58.9 Å². The summed E-state index contributed by atoms with van der Waals surface area (Å²) in [6.45, 7) is 11.6. The molecule has 2 heterocycles. The number of pyridine rings is 2. The van der Waals surface area contributed by atoms with Crippen molar-refractivity contribution in [2.75, 3.05) is 0 Å². The van der Waals surface area contributed by atoms with Crippen molar-refractivity contribution in [2.45, 2.75) is 46.5 Å². The van der Waals surface area contributed by atoms with Gasteiger partial charge in [-0.15, -0.1) is 0 Å². The van der Waals surface area contributed by atoms with Crippen molar-refractivity contribution in [3.8, 4) is 11.3 Å². The Balaban J connectivity index is 1.90. The van der Waals surface area contributed by atoms with Crippen LogP contribution >= 0.6 is 0 Å². The van der Waals surface area contributed by atoms with Crippen molar-refractivity contribution in [1.29, 1.82) is 0 Å². The molecule has 0 aliphatic heterocycles. The smallest absolute Gasteiger partial charge is 0.0786 e. The Morgan fingerprint density at radius 1 is 0.929 bits per heavy atom. The molecule has 0 radical (unpaired) electrons. The molecule has 5 rings (SSSR count). The first kappa shape index (κ1) is 17.4. The lowest BCUT2D eigenvalue weighted by molar-refractivity contribution is 0.411. The van der Waals surface area contributed by atoms with E-state index in [4.69, 9.17) is 4.98 Å². The quantitative estimate of drug-likeness (QED) is 0.375. The second-order valence-corrected chi connectivity index (χ2v) is 9.85. The van der Waals surface area contributed by atoms with Gasteiger partial charge in [0.25, 0.3) is 0 Å². The van der Waals surface area contributed by atoms with Crippen molar-refractivity contribution in [3.63, 3.8) is 0 Å². The molecular weight excluding hydrogens is 340 g/mol. The van der Waals surface area contributed by atoms with E-state index in [2.05, 4.69) is 76.0 Å². The number of nitrogens with zero attached hydrogens (tertiary/aromatic N) is 2. The SMILES string of the molecule is CC(C)(C)Cc1cc2c3c(nccc3c1)-c1ccc3ccncc3c1C2(C)C. The normalized spacial score (nSPS) is 15.0. The second-order valence-electron chi connectivity index (χ2n) is 9.85. The zero-order valence-corrected chi connectivity index (χ0v) is 17.3. The van der Waals surface area contributed by atoms with Crippen LogP contribution in [0, 0.1) is 5.41 Å². The highest BCUT2D eigenvalue weighted by atomic mass is 14.7. The Morgan fingerprint density at radius 2 is 1.71 bits per heavy atom. The maximum Gasteiger partial charge on any atom is 0.0786 e. The number of hydrogen-bond donors (Lipinski definition) is 0. The Hall–Kier alpha value is -2.74. The summed E-state index contributed by atoms with van der Waals surface area (Å²) in [5.41, 5.74) is 6.63. The van der Waals surface area contributed by atoms with Crippen molar-refractivity contribution in [1.82, 2.24) is 9.97 Å². The largest absolute Gasteiger partial charge is 0.264 e. The summed E-state index contributed by atoms with van der Waals surface area (Å²) in [4.78, 5) is 9.27. The van der Waals surface area contributed by atoms with E-state index in [0.29, 0.717) is 0 Å². The van der Waals surface area contributed by atoms with Crippen LogP contribution in [0.1, 0.15) is 51.3 Å². The summed E-state index contributed by atoms with van der Waals surface area (Å²) in [5.74, 6) is 0. The number of benzene rings is 2. The minimum Gasteiger partial charge on any atom is -0.264 e. The lowest BCUT2D eigenvalue weighted by Crippen LogP contribution is -2.25. The third kappa shape index (κ3) is 2.47. The first-order chi connectivity index (χ1) is 13.3. The molecule has 2 aromatic carbocycles. The van der Waals surface area contributed by atoms with Crippen LogP contribution in [0.3, 0.4) is 0 Å². The number of aromatic nitrogens is 2. The van der Waals surface area contributed by atoms with Crippen LogP contribution < -0.4 is 0 Å². The summed E-state index contributed by atoms with van der Waals surface area (Å²) < 4.78 is 0. The van der Waals surface area contributed by atoms with E-state index in [0.717, 1.165) is 12.1 Å². The number of fused-ring (bicyclic) bond motifs is 4. The molecule has 0 N–H and O–H groups in total. The first-order valence-corrected chi connectivity index (χ1v) is 10.1. The monoisotopic (exact) mass is 366 g/mol. The molecule has 28 heavy (non-hydrogen) atoms. The zero-order valence-electron chi connectivity index (χ0n) is 17.3. The summed E-state index contributed by atoms with van der Waals surface area (Å²) in [5, 5.41) is 5.08. The van der Waals surface area contributed by atoms with Crippen LogP contribution in [-0.2, 0) is 11.8 Å². The van der Waals surface area contributed by atoms with E-state index < -0.39 is 0 Å². The molecule has 140 valence electrons. The average Bonchev–Trinajstić information content (AvgIpc) is 2.63. The predicted molar refractivity (Wildman–Crippen MR) is 118 cm³/mol. The van der Waals surface area contributed by atoms with Gasteiger partial charge in [0, 0.05) is 40.3 Å². The van der Waals surface area contributed by atoms with Crippen molar-refractivity contribution in [2.24, 2.45) is 5.41 Å². The highest BCUT2D eigenvalue weighted by molar-refractivity contribution is 6.05. The minimum absolute atomic E-state index is 0.111. The summed E-state index contributed by atoms with van der Waals surface area (Å²) in [6.07, 6.45) is 6.91. The van der Waals surface area contributed by atoms with Gasteiger partial charge < -0.3 is 0 Å². The standard InChI is InChI=1S/C26H26N2/c1-25(2,3)14-16-12-18-9-11-28-24-19-7-6-17-8-10-27-15-20(17)23(19)26(4,5)21(13-16)22(18)24/h6-13,15H,14H2,1-5H3. The van der Waals surface area contributed by atoms with Crippen LogP contribution in [0.15, 0.2) is 55.0 Å². The van der Waals surface area contributed by atoms with Crippen molar-refractivity contribution >= 4 is 21.5 Å². The molecule has 4 aromatic rings. The Kier molecular flexibility index (Phi) is 3.49. The highest BCUT2D eigenvalue weighted by Crippen LogP contribution is 2.50. The topological polar surface area (TPSA) is 25.8 Å². The number of rotatable bonds is 1. The van der Waals surface area contributed by atoms with Gasteiger partial charge in [0.1, 0.15) is 0 Å². The second kappa shape index (κ2) is 5.64. The fourth-order valence-electron chi connectivity index (χ4n) is 4.96. The minimum atomic E-state index is -0.111. The van der Waals surface area contributed by atoms with Gasteiger partial charge in [0.2, 0.25) is 0 Å². The first-order valence-electron chi connectivity index (χ1n) is 10.1. The van der Waals surface area contributed by atoms with Gasteiger partial charge in [0.15, 0.2) is 0 Å². The average molecular weight is 367 g/mol. The molecule has 0 saturated carbocycles. The van der Waals surface area contributed by atoms with Crippen LogP contribution in [0.4, 0.5) is 0 Å². The molecule has 0 spiro atoms. The zero-order chi connectivity index (χ0) is 19.7. The molecule has 2 aromatic heterocycles. The van der Waals surface area contributed by atoms with E-state index in [9.17, 15) is 0 Å². The van der Waals surface area contributed by atoms with Crippen molar-refractivity contribution < 1.29 is 0 Å². The highest BCUT2D eigenvalue weighted by Gasteiger charge is 2.36. The van der Waals surface area contributed by atoms with E-state index in [1.807, 2.05) is 18.6 Å². The number of hydrogen-bond acceptors (Lipinski definition) is 2. The molecule has 0 bridgehead atoms. The lowest BCUT2D eigenvalue weighted by Gasteiger charge is -2.36. The summed E-state index contributed by atoms with van der Waals surface area (Å²) in [7, 11) is 0. The maximum atomic E-state index is 4.84. The summed E-state index contributed by atoms with van der Waals surface area (Å²) >= 11 is 0. The van der Waals surface area contributed by atoms with Gasteiger partial charge in [-0.2, -0.15) is 0 Å². The molecule has 0 saturated heterocycles. The summed E-state index contributed by atoms with van der Waals surface area (Å²) in [6, 6.07) is 13.5. The van der Waals surface area contributed by atoms with Crippen LogP contribution in [0.2, 0.25) is 0 Å². The van der Waals surface area contributed by atoms with Crippen LogP contribution in [0.25, 0.3) is 32.8 Å². The van der Waals surface area contributed by atoms with Gasteiger partial charge >= 0.3 is 0 Å². The molecule has 1 aliphatic rings. The molecule has 1 aliphatic carbocycles. The van der Waals surface area contributed by atoms with Gasteiger partial charge in [0.05, 0.1) is 5.69 Å². The third-order valence-corrected chi connectivity index (χ3v) is 6.03. The van der Waals surface area contributed by atoms with E-state index >= 15 is 0 Å². The van der Waals surface area contributed by atoms with Crippen molar-refractivity contribution in [3.05, 3.63) is 71.7 Å². The van der Waals surface area contributed by atoms with Crippen LogP contribution in [0.5, 0.6) is 0 Å². The molecule has 0 atom stereocenters. The molecule has 2 nitrogen and oxygen atoms in total. The predicted octanol–water partition coefficient (Wildman–Crippen LogP) is 6.68. The van der Waals surface area contributed by atoms with Gasteiger partial charge in [-0.05, 0) is 51.4 Å². The molecule has 0 fully saturated rings. The van der Waals surface area contributed by atoms with E-state index in [-0.39, 0.29) is 10.8 Å². The Labute approximate surface area is 166 Å². The Morgan fingerprint density at radius 3 is 2.50 bits per heavy atom. The molecule has 0 unspecified atom stereocenters. The van der Waals surface area contributed by atoms with E-state index in [1.54, 1.807) is 0 Å². The lowest BCUT2D eigenvalue weighted by atomic mass is 9.67. The maximum absolute atomic E-state index is 4.84. The molecule has 0 amide bonds. The fraction of sp³-hybridized carbons (Fsp3) is 0.308.